The van der Waals surface area contributed by atoms with Gasteiger partial charge in [0.2, 0.25) is 11.8 Å². The minimum atomic E-state index is -0.976. The molecule has 1 heterocycles. The monoisotopic (exact) mass is 360 g/mol. The van der Waals surface area contributed by atoms with Crippen molar-refractivity contribution in [1.82, 2.24) is 4.90 Å². The second-order valence-electron chi connectivity index (χ2n) is 6.15. The fourth-order valence-corrected chi connectivity index (χ4v) is 2.58. The highest BCUT2D eigenvalue weighted by Gasteiger charge is 2.27. The van der Waals surface area contributed by atoms with E-state index in [9.17, 15) is 14.4 Å². The number of hydrogen-bond acceptors (Lipinski definition) is 4. The highest BCUT2D eigenvalue weighted by atomic mass is 16.4. The van der Waals surface area contributed by atoms with Crippen LogP contribution in [0.15, 0.2) is 36.9 Å². The molecule has 1 fully saturated rings. The summed E-state index contributed by atoms with van der Waals surface area (Å²) in [5, 5.41) is 8.54. The average Bonchev–Trinajstić information content (AvgIpc) is 2.97. The van der Waals surface area contributed by atoms with Crippen molar-refractivity contribution in [2.24, 2.45) is 5.73 Å². The number of hydrogen-bond donors (Lipinski definition) is 2. The predicted octanol–water partition coefficient (Wildman–Crippen LogP) is 2.83. The summed E-state index contributed by atoms with van der Waals surface area (Å²) in [7, 11) is 0. The number of carbonyl (C=O) groups is 3. The van der Waals surface area contributed by atoms with Gasteiger partial charge in [0.15, 0.2) is 0 Å². The average molecular weight is 360 g/mol. The molecular weight excluding hydrogens is 332 g/mol. The van der Waals surface area contributed by atoms with E-state index in [1.165, 1.54) is 4.90 Å². The van der Waals surface area contributed by atoms with Crippen LogP contribution in [0.5, 0.6) is 0 Å². The van der Waals surface area contributed by atoms with Gasteiger partial charge in [-0.1, -0.05) is 56.2 Å². The fourth-order valence-electron chi connectivity index (χ4n) is 2.58. The summed E-state index contributed by atoms with van der Waals surface area (Å²) in [6, 6.07) is 8.83. The van der Waals surface area contributed by atoms with Crippen molar-refractivity contribution in [3.05, 3.63) is 42.5 Å². The number of carboxylic acid groups (broad SMARTS) is 1. The second-order valence-corrected chi connectivity index (χ2v) is 6.15. The molecule has 0 unspecified atom stereocenters. The quantitative estimate of drug-likeness (QED) is 0.401. The van der Waals surface area contributed by atoms with Crippen LogP contribution >= 0.6 is 0 Å². The van der Waals surface area contributed by atoms with Gasteiger partial charge < -0.3 is 10.8 Å². The van der Waals surface area contributed by atoms with Gasteiger partial charge in [0, 0.05) is 19.4 Å². The first-order valence-electron chi connectivity index (χ1n) is 8.98. The first kappa shape index (κ1) is 21.6. The molecule has 1 aliphatic rings. The van der Waals surface area contributed by atoms with Crippen LogP contribution in [-0.4, -0.2) is 40.9 Å². The SMILES string of the molecule is C=C(C(=O)O)c1ccccc1.NCCCCCCCN1C(=O)CCC1=O. The zero-order chi connectivity index (χ0) is 19.4. The molecule has 3 N–H and O–H groups in total. The third-order valence-electron chi connectivity index (χ3n) is 4.12. The molecule has 0 aromatic heterocycles. The molecule has 1 aromatic rings. The Morgan fingerprint density at radius 2 is 1.54 bits per heavy atom. The highest BCUT2D eigenvalue weighted by Crippen LogP contribution is 2.13. The van der Waals surface area contributed by atoms with Crippen molar-refractivity contribution in [3.8, 4) is 0 Å². The molecule has 0 spiro atoms. The van der Waals surface area contributed by atoms with E-state index >= 15 is 0 Å². The normalized spacial score (nSPS) is 13.3. The Labute approximate surface area is 154 Å². The summed E-state index contributed by atoms with van der Waals surface area (Å²) in [6.07, 6.45) is 6.20. The van der Waals surface area contributed by atoms with Gasteiger partial charge in [-0.25, -0.2) is 4.79 Å². The molecule has 1 aromatic carbocycles. The molecule has 142 valence electrons. The third-order valence-corrected chi connectivity index (χ3v) is 4.12. The molecule has 0 radical (unpaired) electrons. The number of amides is 2. The van der Waals surface area contributed by atoms with Crippen molar-refractivity contribution in [3.63, 3.8) is 0 Å². The number of imide groups is 1. The predicted molar refractivity (Wildman–Crippen MR) is 101 cm³/mol. The molecule has 2 rings (SSSR count). The lowest BCUT2D eigenvalue weighted by atomic mass is 10.1. The van der Waals surface area contributed by atoms with E-state index in [4.69, 9.17) is 10.8 Å². The van der Waals surface area contributed by atoms with Crippen LogP contribution in [0.3, 0.4) is 0 Å². The van der Waals surface area contributed by atoms with Crippen molar-refractivity contribution in [1.29, 1.82) is 0 Å². The number of carbonyl (C=O) groups excluding carboxylic acids is 2. The summed E-state index contributed by atoms with van der Waals surface area (Å²) in [4.78, 5) is 34.3. The van der Waals surface area contributed by atoms with Gasteiger partial charge in [-0.2, -0.15) is 0 Å². The standard InChI is InChI=1S/C11H20N2O2.C9H8O2/c12-8-4-2-1-3-5-9-13-10(14)6-7-11(13)15;1-7(9(10)11)8-5-3-2-4-6-8/h1-9,12H2;2-6H,1H2,(H,10,11). The minimum absolute atomic E-state index is 0.00181. The van der Waals surface area contributed by atoms with Crippen LogP contribution in [0, 0.1) is 0 Å². The maximum atomic E-state index is 11.2. The van der Waals surface area contributed by atoms with Crippen molar-refractivity contribution >= 4 is 23.4 Å². The molecule has 26 heavy (non-hydrogen) atoms. The lowest BCUT2D eigenvalue weighted by molar-refractivity contribution is -0.138. The molecule has 0 saturated carbocycles. The maximum Gasteiger partial charge on any atom is 0.335 e. The van der Waals surface area contributed by atoms with Crippen LogP contribution in [0.1, 0.15) is 50.5 Å². The molecule has 0 aliphatic carbocycles. The van der Waals surface area contributed by atoms with E-state index in [1.807, 2.05) is 6.07 Å². The Kier molecular flexibility index (Phi) is 9.94. The number of rotatable bonds is 9. The largest absolute Gasteiger partial charge is 0.478 e. The van der Waals surface area contributed by atoms with Gasteiger partial charge in [0.25, 0.3) is 0 Å². The smallest absolute Gasteiger partial charge is 0.335 e. The number of nitrogens with two attached hydrogens (primary N) is 1. The Balaban J connectivity index is 0.000000273. The highest BCUT2D eigenvalue weighted by molar-refractivity contribution is 6.14. The van der Waals surface area contributed by atoms with Gasteiger partial charge in [-0.05, 0) is 24.9 Å². The van der Waals surface area contributed by atoms with Crippen LogP contribution in [0.4, 0.5) is 0 Å². The molecule has 0 atom stereocenters. The Morgan fingerprint density at radius 3 is 2.08 bits per heavy atom. The minimum Gasteiger partial charge on any atom is -0.478 e. The number of unbranched alkanes of at least 4 members (excludes halogenated alkanes) is 4. The molecule has 6 heteroatoms. The Morgan fingerprint density at radius 1 is 1.00 bits per heavy atom. The number of likely N-dealkylation sites (tertiary alicyclic amines) is 1. The van der Waals surface area contributed by atoms with Crippen LogP contribution in [0.2, 0.25) is 0 Å². The van der Waals surface area contributed by atoms with Gasteiger partial charge >= 0.3 is 5.97 Å². The summed E-state index contributed by atoms with van der Waals surface area (Å²) >= 11 is 0. The van der Waals surface area contributed by atoms with E-state index < -0.39 is 5.97 Å². The maximum absolute atomic E-state index is 11.2. The molecule has 2 amide bonds. The Bertz CT molecular complexity index is 597. The lowest BCUT2D eigenvalue weighted by Crippen LogP contribution is -2.29. The van der Waals surface area contributed by atoms with Crippen molar-refractivity contribution in [2.75, 3.05) is 13.1 Å². The van der Waals surface area contributed by atoms with Crippen molar-refractivity contribution < 1.29 is 19.5 Å². The van der Waals surface area contributed by atoms with Gasteiger partial charge in [0.05, 0.1) is 5.57 Å². The summed E-state index contributed by atoms with van der Waals surface area (Å²) in [6.45, 7) is 4.79. The zero-order valence-corrected chi connectivity index (χ0v) is 15.2. The van der Waals surface area contributed by atoms with Crippen LogP contribution in [0.25, 0.3) is 5.57 Å². The lowest BCUT2D eigenvalue weighted by Gasteiger charge is -2.12. The van der Waals surface area contributed by atoms with E-state index in [0.717, 1.165) is 38.6 Å². The first-order valence-corrected chi connectivity index (χ1v) is 8.98. The van der Waals surface area contributed by atoms with Crippen molar-refractivity contribution in [2.45, 2.75) is 44.9 Å². The van der Waals surface area contributed by atoms with E-state index in [0.29, 0.717) is 24.9 Å². The second kappa shape index (κ2) is 12.0. The molecule has 0 bridgehead atoms. The zero-order valence-electron chi connectivity index (χ0n) is 15.2. The third kappa shape index (κ3) is 7.61. The number of nitrogens with zero attached hydrogens (tertiary/aromatic N) is 1. The van der Waals surface area contributed by atoms with Gasteiger partial charge in [-0.15, -0.1) is 0 Å². The summed E-state index contributed by atoms with van der Waals surface area (Å²) < 4.78 is 0. The van der Waals surface area contributed by atoms with Gasteiger partial charge in [-0.3, -0.25) is 14.5 Å². The van der Waals surface area contributed by atoms with Gasteiger partial charge in [0.1, 0.15) is 0 Å². The fraction of sp³-hybridized carbons (Fsp3) is 0.450. The first-order chi connectivity index (χ1) is 12.5. The van der Waals surface area contributed by atoms with E-state index in [1.54, 1.807) is 24.3 Å². The van der Waals surface area contributed by atoms with Crippen LogP contribution < -0.4 is 5.73 Å². The van der Waals surface area contributed by atoms with Crippen LogP contribution in [-0.2, 0) is 14.4 Å². The number of benzene rings is 1. The molecular formula is C20H28N2O4. The summed E-state index contributed by atoms with van der Waals surface area (Å²) in [5.74, 6) is -0.972. The molecule has 6 nitrogen and oxygen atoms in total. The molecule has 1 aliphatic heterocycles. The van der Waals surface area contributed by atoms with E-state index in [2.05, 4.69) is 6.58 Å². The summed E-state index contributed by atoms with van der Waals surface area (Å²) in [5.41, 5.74) is 6.16. The van der Waals surface area contributed by atoms with E-state index in [-0.39, 0.29) is 17.4 Å². The Hall–Kier alpha value is -2.47. The number of aliphatic carboxylic acids is 1. The topological polar surface area (TPSA) is 101 Å². The molecule has 1 saturated heterocycles. The number of carboxylic acids is 1.